The molecule has 0 saturated heterocycles. The van der Waals surface area contributed by atoms with E-state index in [1.54, 1.807) is 0 Å². The minimum atomic E-state index is -1.20. The third kappa shape index (κ3) is 1.99. The number of hydrogen-bond donors (Lipinski definition) is 3. The fourth-order valence-electron chi connectivity index (χ4n) is 0.567. The number of carbonyl (C=O) groups is 1. The Morgan fingerprint density at radius 3 is 2.67 bits per heavy atom. The van der Waals surface area contributed by atoms with Gasteiger partial charge in [0.2, 0.25) is 0 Å². The highest BCUT2D eigenvalue weighted by Gasteiger charge is 2.05. The Labute approximate surface area is 69.6 Å². The summed E-state index contributed by atoms with van der Waals surface area (Å²) in [7, 11) is 0. The number of carboxylic acid groups (broad SMARTS) is 1. The molecule has 1 heterocycles. The molecule has 6 nitrogen and oxygen atoms in total. The third-order valence-corrected chi connectivity index (χ3v) is 1.68. The average Bonchev–Trinajstić information content (AvgIpc) is 1.94. The highest BCUT2D eigenvalue weighted by Crippen LogP contribution is 2.10. The summed E-state index contributed by atoms with van der Waals surface area (Å²) in [6.45, 7) is 0. The van der Waals surface area contributed by atoms with E-state index in [1.807, 2.05) is 4.98 Å². The SMILES string of the molecule is O=C(O)Sc1c[nH]c(=O)[nH]c1=O. The summed E-state index contributed by atoms with van der Waals surface area (Å²) in [6, 6.07) is 0. The summed E-state index contributed by atoms with van der Waals surface area (Å²) in [5.41, 5.74) is -1.36. The van der Waals surface area contributed by atoms with Gasteiger partial charge in [-0.15, -0.1) is 0 Å². The topological polar surface area (TPSA) is 103 Å². The van der Waals surface area contributed by atoms with Crippen molar-refractivity contribution in [2.24, 2.45) is 0 Å². The summed E-state index contributed by atoms with van der Waals surface area (Å²) in [6.07, 6.45) is 1.06. The number of H-pyrrole nitrogens is 2. The molecule has 1 aromatic heterocycles. The molecule has 0 aromatic carbocycles. The summed E-state index contributed by atoms with van der Waals surface area (Å²) in [5, 5.41) is 7.08. The summed E-state index contributed by atoms with van der Waals surface area (Å²) in [4.78, 5) is 35.4. The Morgan fingerprint density at radius 2 is 2.17 bits per heavy atom. The Kier molecular flexibility index (Phi) is 2.34. The maximum absolute atomic E-state index is 10.8. The number of rotatable bonds is 1. The molecule has 0 spiro atoms. The molecule has 0 unspecified atom stereocenters. The van der Waals surface area contributed by atoms with E-state index in [4.69, 9.17) is 5.11 Å². The fraction of sp³-hybridized carbons (Fsp3) is 0. The molecular weight excluding hydrogens is 184 g/mol. The normalized spacial score (nSPS) is 9.67. The lowest BCUT2D eigenvalue weighted by Crippen LogP contribution is -2.22. The lowest BCUT2D eigenvalue weighted by molar-refractivity contribution is 0.222. The smallest absolute Gasteiger partial charge is 0.369 e. The third-order valence-electron chi connectivity index (χ3n) is 0.982. The minimum absolute atomic E-state index is 0.0536. The van der Waals surface area contributed by atoms with Crippen LogP contribution in [-0.2, 0) is 0 Å². The van der Waals surface area contributed by atoms with E-state index in [0.29, 0.717) is 11.8 Å². The maximum atomic E-state index is 10.8. The van der Waals surface area contributed by atoms with Crippen LogP contribution in [0.1, 0.15) is 0 Å². The number of hydrogen-bond acceptors (Lipinski definition) is 4. The summed E-state index contributed by atoms with van der Waals surface area (Å²) in [5.74, 6) is 0. The molecule has 0 bridgehead atoms. The second-order valence-corrected chi connectivity index (χ2v) is 2.80. The molecule has 0 aliphatic rings. The van der Waals surface area contributed by atoms with Crippen molar-refractivity contribution in [3.05, 3.63) is 27.0 Å². The van der Waals surface area contributed by atoms with Crippen molar-refractivity contribution in [1.82, 2.24) is 9.97 Å². The molecule has 3 N–H and O–H groups in total. The number of aromatic nitrogens is 2. The van der Waals surface area contributed by atoms with Crippen LogP contribution in [0.4, 0.5) is 4.79 Å². The van der Waals surface area contributed by atoms with Gasteiger partial charge >= 0.3 is 11.0 Å². The zero-order valence-corrected chi connectivity index (χ0v) is 6.47. The van der Waals surface area contributed by atoms with Crippen molar-refractivity contribution in [3.8, 4) is 0 Å². The highest BCUT2D eigenvalue weighted by molar-refractivity contribution is 8.13. The molecular formula is C5H4N2O4S. The van der Waals surface area contributed by atoms with Gasteiger partial charge < -0.3 is 10.1 Å². The second-order valence-electron chi connectivity index (χ2n) is 1.80. The zero-order valence-electron chi connectivity index (χ0n) is 5.66. The first kappa shape index (κ1) is 8.60. The van der Waals surface area contributed by atoms with E-state index in [2.05, 4.69) is 4.98 Å². The highest BCUT2D eigenvalue weighted by atomic mass is 32.2. The van der Waals surface area contributed by atoms with Crippen molar-refractivity contribution in [2.75, 3.05) is 0 Å². The van der Waals surface area contributed by atoms with E-state index in [9.17, 15) is 14.4 Å². The van der Waals surface area contributed by atoms with E-state index >= 15 is 0 Å². The molecule has 0 atom stereocenters. The molecule has 0 saturated carbocycles. The first-order valence-electron chi connectivity index (χ1n) is 2.82. The Morgan fingerprint density at radius 1 is 1.50 bits per heavy atom. The van der Waals surface area contributed by atoms with E-state index in [1.165, 1.54) is 0 Å². The molecule has 1 rings (SSSR count). The molecule has 0 amide bonds. The van der Waals surface area contributed by atoms with Crippen LogP contribution < -0.4 is 11.2 Å². The van der Waals surface area contributed by atoms with Crippen molar-refractivity contribution in [1.29, 1.82) is 0 Å². The predicted molar refractivity (Wildman–Crippen MR) is 41.6 cm³/mol. The van der Waals surface area contributed by atoms with Crippen LogP contribution in [0.15, 0.2) is 20.7 Å². The van der Waals surface area contributed by atoms with Gasteiger partial charge in [-0.3, -0.25) is 9.78 Å². The Balaban J connectivity index is 3.10. The average molecular weight is 188 g/mol. The Hall–Kier alpha value is -1.50. The largest absolute Gasteiger partial charge is 0.473 e. The van der Waals surface area contributed by atoms with Gasteiger partial charge in [-0.25, -0.2) is 9.59 Å². The second kappa shape index (κ2) is 3.26. The van der Waals surface area contributed by atoms with Gasteiger partial charge in [0, 0.05) is 18.0 Å². The lowest BCUT2D eigenvalue weighted by atomic mass is 10.7. The van der Waals surface area contributed by atoms with Crippen LogP contribution in [0, 0.1) is 0 Å². The van der Waals surface area contributed by atoms with Crippen LogP contribution in [0.2, 0.25) is 0 Å². The van der Waals surface area contributed by atoms with Gasteiger partial charge in [-0.05, 0) is 0 Å². The molecule has 1 aromatic rings. The number of thioether (sulfide) groups is 1. The van der Waals surface area contributed by atoms with Crippen molar-refractivity contribution < 1.29 is 9.90 Å². The number of nitrogens with one attached hydrogen (secondary N) is 2. The van der Waals surface area contributed by atoms with Gasteiger partial charge in [0.1, 0.15) is 4.90 Å². The summed E-state index contributed by atoms with van der Waals surface area (Å²) < 4.78 is 0. The van der Waals surface area contributed by atoms with Gasteiger partial charge in [-0.1, -0.05) is 0 Å². The fourth-order valence-corrected chi connectivity index (χ4v) is 1.02. The Bertz CT molecular complexity index is 406. The van der Waals surface area contributed by atoms with Gasteiger partial charge in [0.25, 0.3) is 5.56 Å². The van der Waals surface area contributed by atoms with Crippen molar-refractivity contribution in [3.63, 3.8) is 0 Å². The van der Waals surface area contributed by atoms with Gasteiger partial charge in [0.15, 0.2) is 0 Å². The lowest BCUT2D eigenvalue weighted by Gasteiger charge is -1.91. The van der Waals surface area contributed by atoms with Gasteiger partial charge in [0.05, 0.1) is 0 Å². The van der Waals surface area contributed by atoms with Crippen LogP contribution in [0.3, 0.4) is 0 Å². The van der Waals surface area contributed by atoms with Crippen LogP contribution >= 0.6 is 11.8 Å². The van der Waals surface area contributed by atoms with E-state index < -0.39 is 16.6 Å². The van der Waals surface area contributed by atoms with Crippen LogP contribution in [0.25, 0.3) is 0 Å². The van der Waals surface area contributed by atoms with Crippen LogP contribution in [-0.4, -0.2) is 20.4 Å². The zero-order chi connectivity index (χ0) is 9.14. The quantitative estimate of drug-likeness (QED) is 0.531. The summed E-state index contributed by atoms with van der Waals surface area (Å²) >= 11 is 0.337. The monoisotopic (exact) mass is 188 g/mol. The van der Waals surface area contributed by atoms with Crippen LogP contribution in [0.5, 0.6) is 0 Å². The molecule has 0 radical (unpaired) electrons. The maximum Gasteiger partial charge on any atom is 0.369 e. The van der Waals surface area contributed by atoms with Gasteiger partial charge in [-0.2, -0.15) is 0 Å². The molecule has 0 aliphatic carbocycles. The van der Waals surface area contributed by atoms with Crippen molar-refractivity contribution in [2.45, 2.75) is 4.90 Å². The predicted octanol–water partition coefficient (Wildman–Crippen LogP) is -0.167. The van der Waals surface area contributed by atoms with E-state index in [-0.39, 0.29) is 4.90 Å². The first-order valence-corrected chi connectivity index (χ1v) is 3.64. The standard InChI is InChI=1S/C5H4N2O4S/c8-3-2(12-5(10)11)1-6-4(9)7-3/h1H,(H,10,11)(H2,6,7,8,9). The number of aromatic amines is 2. The minimum Gasteiger partial charge on any atom is -0.473 e. The molecule has 12 heavy (non-hydrogen) atoms. The van der Waals surface area contributed by atoms with E-state index in [0.717, 1.165) is 6.20 Å². The molecule has 0 fully saturated rings. The van der Waals surface area contributed by atoms with Crippen molar-refractivity contribution >= 4 is 17.1 Å². The first-order chi connectivity index (χ1) is 5.59. The molecule has 0 aliphatic heterocycles. The molecule has 7 heteroatoms. The molecule has 64 valence electrons.